The summed E-state index contributed by atoms with van der Waals surface area (Å²) in [5, 5.41) is 11.7. The topological polar surface area (TPSA) is 159 Å². The van der Waals surface area contributed by atoms with Crippen molar-refractivity contribution in [1.29, 1.82) is 0 Å². The maximum absolute atomic E-state index is 12.9. The molecule has 2 heterocycles. The van der Waals surface area contributed by atoms with Crippen LogP contribution in [0.2, 0.25) is 18.1 Å². The van der Waals surface area contributed by atoms with Gasteiger partial charge in [-0.3, -0.25) is 9.59 Å². The number of rotatable bonds is 14. The molecule has 0 spiro atoms. The first-order valence-corrected chi connectivity index (χ1v) is 17.2. The van der Waals surface area contributed by atoms with Gasteiger partial charge in [-0.15, -0.1) is 11.3 Å². The third kappa shape index (κ3) is 10.4. The predicted molar refractivity (Wildman–Crippen MR) is 154 cm³/mol. The van der Waals surface area contributed by atoms with E-state index in [1.54, 1.807) is 5.38 Å². The van der Waals surface area contributed by atoms with Crippen LogP contribution in [0.3, 0.4) is 0 Å². The number of nitrogens with one attached hydrogen (secondary N) is 2. The molecule has 1 aromatic rings. The number of unbranched alkanes of at least 4 members (excludes halogenated alkanes) is 2. The summed E-state index contributed by atoms with van der Waals surface area (Å²) in [6, 6.07) is -0.812. The van der Waals surface area contributed by atoms with Crippen molar-refractivity contribution in [2.75, 3.05) is 38.3 Å². The van der Waals surface area contributed by atoms with Crippen LogP contribution in [0.25, 0.3) is 10.4 Å². The monoisotopic (exact) mass is 581 g/mol. The number of azide groups is 1. The van der Waals surface area contributed by atoms with Gasteiger partial charge < -0.3 is 24.7 Å². The fourth-order valence-corrected chi connectivity index (χ4v) is 5.65. The highest BCUT2D eigenvalue weighted by Crippen LogP contribution is 2.36. The number of ether oxygens (including phenoxy) is 1. The van der Waals surface area contributed by atoms with E-state index >= 15 is 0 Å². The van der Waals surface area contributed by atoms with Gasteiger partial charge in [0.2, 0.25) is 5.91 Å². The Labute approximate surface area is 236 Å². The van der Waals surface area contributed by atoms with Gasteiger partial charge in [0.25, 0.3) is 5.91 Å². The Balaban J connectivity index is 1.84. The van der Waals surface area contributed by atoms with Crippen molar-refractivity contribution in [3.05, 3.63) is 21.5 Å². The molecule has 1 aromatic heterocycles. The second kappa shape index (κ2) is 15.2. The average Bonchev–Trinajstić information content (AvgIpc) is 3.38. The Kier molecular flexibility index (Phi) is 12.7. The molecule has 0 bridgehead atoms. The molecule has 2 amide bonds. The molecule has 1 aliphatic heterocycles. The highest BCUT2D eigenvalue weighted by atomic mass is 32.1. The maximum Gasteiger partial charge on any atom is 0.330 e. The third-order valence-corrected chi connectivity index (χ3v) is 12.7. The molecule has 14 heteroatoms. The first kappa shape index (κ1) is 32.5. The molecule has 0 radical (unpaired) electrons. The Morgan fingerprint density at radius 2 is 1.95 bits per heavy atom. The van der Waals surface area contributed by atoms with Gasteiger partial charge in [0.15, 0.2) is 13.4 Å². The number of hydrogen-bond acceptors (Lipinski definition) is 9. The van der Waals surface area contributed by atoms with Crippen LogP contribution in [0.5, 0.6) is 0 Å². The molecular formula is C25H43N7O5SSi. The van der Waals surface area contributed by atoms with Gasteiger partial charge in [-0.25, -0.2) is 9.78 Å². The molecule has 0 aromatic carbocycles. The fraction of sp³-hybridized carbons (Fsp3) is 0.760. The number of amides is 2. The number of thiazole rings is 1. The van der Waals surface area contributed by atoms with Gasteiger partial charge in [0, 0.05) is 42.4 Å². The molecule has 218 valence electrons. The Hall–Kier alpha value is -2.67. The van der Waals surface area contributed by atoms with Crippen molar-refractivity contribution in [3.63, 3.8) is 0 Å². The minimum Gasteiger partial charge on any atom is -0.467 e. The molecular weight excluding hydrogens is 538 g/mol. The summed E-state index contributed by atoms with van der Waals surface area (Å²) in [6.07, 6.45) is 4.47. The van der Waals surface area contributed by atoms with Crippen LogP contribution in [0, 0.1) is 0 Å². The van der Waals surface area contributed by atoms with Crippen molar-refractivity contribution in [1.82, 2.24) is 15.6 Å². The van der Waals surface area contributed by atoms with E-state index in [-0.39, 0.29) is 29.3 Å². The minimum absolute atomic E-state index is 0.0351. The zero-order valence-electron chi connectivity index (χ0n) is 24.0. The lowest BCUT2D eigenvalue weighted by Crippen LogP contribution is -2.49. The number of nitrogens with zero attached hydrogens (tertiary/aromatic N) is 5. The summed E-state index contributed by atoms with van der Waals surface area (Å²) < 4.78 is 11.0. The predicted octanol–water partition coefficient (Wildman–Crippen LogP) is 4.39. The van der Waals surface area contributed by atoms with Gasteiger partial charge in [0.05, 0.1) is 13.7 Å². The van der Waals surface area contributed by atoms with Crippen LogP contribution in [0.4, 0.5) is 5.13 Å². The molecule has 1 aliphatic rings. The highest BCUT2D eigenvalue weighted by Gasteiger charge is 2.38. The number of anilines is 1. The van der Waals surface area contributed by atoms with Gasteiger partial charge >= 0.3 is 5.97 Å². The van der Waals surface area contributed by atoms with E-state index in [1.807, 2.05) is 0 Å². The number of methoxy groups -OCH3 is 1. The fourth-order valence-electron chi connectivity index (χ4n) is 3.77. The summed E-state index contributed by atoms with van der Waals surface area (Å²) in [4.78, 5) is 46.8. The van der Waals surface area contributed by atoms with Crippen molar-refractivity contribution in [2.45, 2.75) is 89.5 Å². The Morgan fingerprint density at radius 3 is 2.56 bits per heavy atom. The standard InChI is InChI=1S/C25H43N7O5SSi/c1-25(2,3)39(5,6)37-16-19(23(35)36-4)29-22(34)20-17-38-24(30-20)32-14-11-18(12-15-32)28-21(33)10-8-7-9-13-27-31-26/h17-19H,7-16H2,1-6H3,(H,28,33)(H,29,34)/t19-/m0/s1. The number of carbonyl (C=O) groups excluding carboxylic acids is 3. The third-order valence-electron chi connectivity index (χ3n) is 7.29. The lowest BCUT2D eigenvalue weighted by atomic mass is 10.0. The zero-order chi connectivity index (χ0) is 29.1. The Bertz CT molecular complexity index is 1010. The summed E-state index contributed by atoms with van der Waals surface area (Å²) in [5.74, 6) is -0.966. The molecule has 1 atom stereocenters. The quantitative estimate of drug-likeness (QED) is 0.0823. The van der Waals surface area contributed by atoms with E-state index in [9.17, 15) is 14.4 Å². The molecule has 39 heavy (non-hydrogen) atoms. The second-order valence-electron chi connectivity index (χ2n) is 11.2. The second-order valence-corrected chi connectivity index (χ2v) is 16.9. The van der Waals surface area contributed by atoms with Crippen molar-refractivity contribution < 1.29 is 23.5 Å². The van der Waals surface area contributed by atoms with Gasteiger partial charge in [-0.2, -0.15) is 0 Å². The van der Waals surface area contributed by atoms with E-state index in [0.717, 1.165) is 50.3 Å². The number of aromatic nitrogens is 1. The number of esters is 1. The average molecular weight is 582 g/mol. The van der Waals surface area contributed by atoms with Crippen LogP contribution in [0.15, 0.2) is 10.5 Å². The molecule has 2 N–H and O–H groups in total. The van der Waals surface area contributed by atoms with E-state index in [1.165, 1.54) is 18.4 Å². The van der Waals surface area contributed by atoms with Crippen molar-refractivity contribution >= 4 is 42.6 Å². The molecule has 1 fully saturated rings. The maximum atomic E-state index is 12.9. The van der Waals surface area contributed by atoms with Crippen molar-refractivity contribution in [3.8, 4) is 0 Å². The highest BCUT2D eigenvalue weighted by molar-refractivity contribution is 7.13. The molecule has 0 saturated carbocycles. The van der Waals surface area contributed by atoms with E-state index in [2.05, 4.69) is 64.4 Å². The first-order valence-electron chi connectivity index (χ1n) is 13.4. The number of carbonyl (C=O) groups is 3. The summed E-state index contributed by atoms with van der Waals surface area (Å²) in [7, 11) is -0.837. The van der Waals surface area contributed by atoms with Gasteiger partial charge in [0.1, 0.15) is 11.7 Å². The van der Waals surface area contributed by atoms with E-state index in [0.29, 0.717) is 13.0 Å². The molecule has 1 saturated heterocycles. The minimum atomic E-state index is -2.12. The van der Waals surface area contributed by atoms with Crippen LogP contribution in [-0.4, -0.2) is 76.5 Å². The largest absolute Gasteiger partial charge is 0.467 e. The molecule has 0 aliphatic carbocycles. The Morgan fingerprint density at radius 1 is 1.26 bits per heavy atom. The lowest BCUT2D eigenvalue weighted by Gasteiger charge is -2.37. The summed E-state index contributed by atoms with van der Waals surface area (Å²) >= 11 is 1.38. The van der Waals surface area contributed by atoms with Crippen LogP contribution in [0.1, 0.15) is 69.8 Å². The van der Waals surface area contributed by atoms with Crippen LogP contribution >= 0.6 is 11.3 Å². The molecule has 0 unspecified atom stereocenters. The summed E-state index contributed by atoms with van der Waals surface area (Å²) in [6.45, 7) is 12.4. The SMILES string of the molecule is COC(=O)[C@H](CO[Si](C)(C)C(C)(C)C)NC(=O)c1csc(N2CCC(NC(=O)CCCCCN=[N+]=[N-])CC2)n1. The normalized spacial score (nSPS) is 15.3. The summed E-state index contributed by atoms with van der Waals surface area (Å²) in [5.41, 5.74) is 8.52. The van der Waals surface area contributed by atoms with Gasteiger partial charge in [-0.05, 0) is 49.3 Å². The van der Waals surface area contributed by atoms with Crippen molar-refractivity contribution in [2.24, 2.45) is 5.11 Å². The van der Waals surface area contributed by atoms with Gasteiger partial charge in [-0.1, -0.05) is 32.3 Å². The smallest absolute Gasteiger partial charge is 0.330 e. The van der Waals surface area contributed by atoms with Crippen LogP contribution < -0.4 is 15.5 Å². The number of piperidine rings is 1. The van der Waals surface area contributed by atoms with Crippen LogP contribution in [-0.2, 0) is 18.8 Å². The number of hydrogen-bond donors (Lipinski definition) is 2. The van der Waals surface area contributed by atoms with E-state index in [4.69, 9.17) is 14.7 Å². The lowest BCUT2D eigenvalue weighted by molar-refractivity contribution is -0.143. The molecule has 12 nitrogen and oxygen atoms in total. The zero-order valence-corrected chi connectivity index (χ0v) is 25.8. The molecule has 2 rings (SSSR count). The van der Waals surface area contributed by atoms with E-state index < -0.39 is 26.2 Å². The first-order chi connectivity index (χ1) is 18.4.